The Morgan fingerprint density at radius 2 is 1.93 bits per heavy atom. The molecule has 1 heterocycles. The molecule has 1 N–H and O–H groups in total. The summed E-state index contributed by atoms with van der Waals surface area (Å²) in [4.78, 5) is 2.24. The lowest BCUT2D eigenvalue weighted by molar-refractivity contribution is -0.0459. The molecular formula is C23H24BrNO3. The zero-order chi connectivity index (χ0) is 19.3. The average Bonchev–Trinajstić information content (AvgIpc) is 2.72. The number of halogens is 1. The van der Waals surface area contributed by atoms with E-state index in [-0.39, 0.29) is 12.7 Å². The van der Waals surface area contributed by atoms with E-state index >= 15 is 0 Å². The minimum absolute atomic E-state index is 0.0276. The molecule has 4 nitrogen and oxygen atoms in total. The predicted octanol–water partition coefficient (Wildman–Crippen LogP) is 4.42. The molecule has 1 fully saturated rings. The number of nitrogens with zero attached hydrogens (tertiary/aromatic N) is 1. The van der Waals surface area contributed by atoms with Gasteiger partial charge in [0.2, 0.25) is 0 Å². The molecule has 0 bridgehead atoms. The third kappa shape index (κ3) is 4.92. The van der Waals surface area contributed by atoms with Gasteiger partial charge < -0.3 is 14.6 Å². The van der Waals surface area contributed by atoms with Gasteiger partial charge in [-0.05, 0) is 40.6 Å². The monoisotopic (exact) mass is 441 g/mol. The topological polar surface area (TPSA) is 41.9 Å². The minimum atomic E-state index is -0.548. The largest absolute Gasteiger partial charge is 0.491 e. The normalized spacial score (nSPS) is 18.9. The first-order valence-electron chi connectivity index (χ1n) is 9.56. The van der Waals surface area contributed by atoms with Crippen LogP contribution in [-0.2, 0) is 4.74 Å². The number of aliphatic hydroxyl groups is 1. The molecule has 5 heteroatoms. The van der Waals surface area contributed by atoms with E-state index in [1.807, 2.05) is 42.5 Å². The van der Waals surface area contributed by atoms with Gasteiger partial charge >= 0.3 is 0 Å². The molecule has 1 aliphatic heterocycles. The first-order chi connectivity index (χ1) is 13.7. The van der Waals surface area contributed by atoms with Crippen molar-refractivity contribution >= 4 is 26.7 Å². The fourth-order valence-electron chi connectivity index (χ4n) is 3.58. The Kier molecular flexibility index (Phi) is 6.27. The Morgan fingerprint density at radius 1 is 1.07 bits per heavy atom. The van der Waals surface area contributed by atoms with E-state index in [2.05, 4.69) is 45.1 Å². The van der Waals surface area contributed by atoms with E-state index < -0.39 is 6.10 Å². The van der Waals surface area contributed by atoms with Gasteiger partial charge in [-0.1, -0.05) is 58.4 Å². The predicted molar refractivity (Wildman–Crippen MR) is 115 cm³/mol. The SMILES string of the molecule is OC(COc1ccc2ccccc2c1)CN1CCOC(c2cccc(Br)c2)C1. The van der Waals surface area contributed by atoms with Crippen LogP contribution in [0, 0.1) is 0 Å². The van der Waals surface area contributed by atoms with Crippen LogP contribution in [0.3, 0.4) is 0 Å². The van der Waals surface area contributed by atoms with E-state index in [0.29, 0.717) is 13.2 Å². The second kappa shape index (κ2) is 9.05. The number of rotatable bonds is 6. The minimum Gasteiger partial charge on any atom is -0.491 e. The van der Waals surface area contributed by atoms with Gasteiger partial charge in [0.1, 0.15) is 18.5 Å². The number of fused-ring (bicyclic) bond motifs is 1. The van der Waals surface area contributed by atoms with Crippen LogP contribution in [0.4, 0.5) is 0 Å². The zero-order valence-electron chi connectivity index (χ0n) is 15.6. The van der Waals surface area contributed by atoms with Crippen molar-refractivity contribution in [3.8, 4) is 5.75 Å². The van der Waals surface area contributed by atoms with E-state index in [1.54, 1.807) is 0 Å². The van der Waals surface area contributed by atoms with E-state index in [4.69, 9.17) is 9.47 Å². The van der Waals surface area contributed by atoms with Gasteiger partial charge in [0, 0.05) is 24.1 Å². The molecule has 3 aromatic carbocycles. The van der Waals surface area contributed by atoms with Crippen molar-refractivity contribution in [1.29, 1.82) is 0 Å². The van der Waals surface area contributed by atoms with Crippen molar-refractivity contribution in [3.63, 3.8) is 0 Å². The molecule has 4 rings (SSSR count). The lowest BCUT2D eigenvalue weighted by Gasteiger charge is -2.34. The number of β-amino-alcohol motifs (C(OH)–C–C–N with tert-alkyl or cyclic N) is 1. The summed E-state index contributed by atoms with van der Waals surface area (Å²) in [5.74, 6) is 0.784. The first kappa shape index (κ1) is 19.4. The maximum atomic E-state index is 10.5. The van der Waals surface area contributed by atoms with Crippen LogP contribution in [-0.4, -0.2) is 49.0 Å². The average molecular weight is 442 g/mol. The van der Waals surface area contributed by atoms with Crippen LogP contribution in [0.15, 0.2) is 71.2 Å². The lowest BCUT2D eigenvalue weighted by atomic mass is 10.1. The molecule has 1 aliphatic rings. The molecule has 3 aromatic rings. The van der Waals surface area contributed by atoms with E-state index in [9.17, 15) is 5.11 Å². The van der Waals surface area contributed by atoms with Crippen LogP contribution in [0.1, 0.15) is 11.7 Å². The molecular weight excluding hydrogens is 418 g/mol. The summed E-state index contributed by atoms with van der Waals surface area (Å²) in [6.07, 6.45) is -0.521. The molecule has 1 saturated heterocycles. The molecule has 0 amide bonds. The van der Waals surface area contributed by atoms with Gasteiger partial charge in [0.25, 0.3) is 0 Å². The van der Waals surface area contributed by atoms with E-state index in [1.165, 1.54) is 5.39 Å². The number of ether oxygens (including phenoxy) is 2. The van der Waals surface area contributed by atoms with Crippen molar-refractivity contribution in [1.82, 2.24) is 4.90 Å². The summed E-state index contributed by atoms with van der Waals surface area (Å²) >= 11 is 3.52. The molecule has 0 aromatic heterocycles. The number of morpholine rings is 1. The number of hydrogen-bond donors (Lipinski definition) is 1. The Bertz CT molecular complexity index is 932. The quantitative estimate of drug-likeness (QED) is 0.614. The number of benzene rings is 3. The van der Waals surface area contributed by atoms with Gasteiger partial charge in [0.05, 0.1) is 12.7 Å². The third-order valence-corrected chi connectivity index (χ3v) is 5.50. The fourth-order valence-corrected chi connectivity index (χ4v) is 3.99. The van der Waals surface area contributed by atoms with Crippen LogP contribution in [0.25, 0.3) is 10.8 Å². The van der Waals surface area contributed by atoms with Crippen LogP contribution >= 0.6 is 15.9 Å². The van der Waals surface area contributed by atoms with Gasteiger partial charge in [-0.2, -0.15) is 0 Å². The van der Waals surface area contributed by atoms with Gasteiger partial charge in [-0.15, -0.1) is 0 Å². The first-order valence-corrected chi connectivity index (χ1v) is 10.4. The smallest absolute Gasteiger partial charge is 0.120 e. The van der Waals surface area contributed by atoms with Gasteiger partial charge in [0.15, 0.2) is 0 Å². The highest BCUT2D eigenvalue weighted by molar-refractivity contribution is 9.10. The van der Waals surface area contributed by atoms with Gasteiger partial charge in [-0.3, -0.25) is 4.90 Å². The number of aliphatic hydroxyl groups excluding tert-OH is 1. The highest BCUT2D eigenvalue weighted by Gasteiger charge is 2.24. The number of hydrogen-bond acceptors (Lipinski definition) is 4. The Labute approximate surface area is 173 Å². The van der Waals surface area contributed by atoms with Crippen LogP contribution in [0.5, 0.6) is 5.75 Å². The molecule has 0 aliphatic carbocycles. The molecule has 0 spiro atoms. The van der Waals surface area contributed by atoms with Crippen molar-refractivity contribution in [2.45, 2.75) is 12.2 Å². The van der Waals surface area contributed by atoms with Crippen LogP contribution < -0.4 is 4.74 Å². The summed E-state index contributed by atoms with van der Waals surface area (Å²) in [6, 6.07) is 22.4. The standard InChI is InChI=1S/C23H24BrNO3/c24-20-7-3-6-19(12-20)23-15-25(10-11-27-23)14-21(26)16-28-22-9-8-17-4-1-2-5-18(17)13-22/h1-9,12-13,21,23,26H,10-11,14-16H2. The Balaban J connectivity index is 1.30. The molecule has 0 saturated carbocycles. The second-order valence-electron chi connectivity index (χ2n) is 7.15. The fraction of sp³-hybridized carbons (Fsp3) is 0.304. The van der Waals surface area contributed by atoms with Crippen molar-refractivity contribution in [2.75, 3.05) is 32.8 Å². The second-order valence-corrected chi connectivity index (χ2v) is 8.06. The van der Waals surface area contributed by atoms with Crippen molar-refractivity contribution in [3.05, 3.63) is 76.8 Å². The summed E-state index contributed by atoms with van der Waals surface area (Å²) in [6.45, 7) is 3.09. The molecule has 0 radical (unpaired) electrons. The summed E-state index contributed by atoms with van der Waals surface area (Å²) < 4.78 is 12.8. The lowest BCUT2D eigenvalue weighted by Crippen LogP contribution is -2.43. The highest BCUT2D eigenvalue weighted by atomic mass is 79.9. The Morgan fingerprint density at radius 3 is 2.79 bits per heavy atom. The maximum absolute atomic E-state index is 10.5. The van der Waals surface area contributed by atoms with Gasteiger partial charge in [-0.25, -0.2) is 0 Å². The van der Waals surface area contributed by atoms with Crippen LogP contribution in [0.2, 0.25) is 0 Å². The molecule has 146 valence electrons. The summed E-state index contributed by atoms with van der Waals surface area (Å²) in [5, 5.41) is 12.8. The van der Waals surface area contributed by atoms with Crippen molar-refractivity contribution < 1.29 is 14.6 Å². The summed E-state index contributed by atoms with van der Waals surface area (Å²) in [7, 11) is 0. The summed E-state index contributed by atoms with van der Waals surface area (Å²) in [5.41, 5.74) is 1.15. The van der Waals surface area contributed by atoms with E-state index in [0.717, 1.165) is 34.3 Å². The van der Waals surface area contributed by atoms with Crippen molar-refractivity contribution in [2.24, 2.45) is 0 Å². The maximum Gasteiger partial charge on any atom is 0.120 e. The zero-order valence-corrected chi connectivity index (χ0v) is 17.2. The third-order valence-electron chi connectivity index (χ3n) is 5.00. The Hall–Kier alpha value is -1.92. The molecule has 2 unspecified atom stereocenters. The highest BCUT2D eigenvalue weighted by Crippen LogP contribution is 2.25. The molecule has 28 heavy (non-hydrogen) atoms. The molecule has 2 atom stereocenters.